The highest BCUT2D eigenvalue weighted by atomic mass is 32.2. The molecular formula is C25H30N4O3S2. The quantitative estimate of drug-likeness (QED) is 0.368. The molecule has 0 radical (unpaired) electrons. The molecule has 3 amide bonds. The lowest BCUT2D eigenvalue weighted by Gasteiger charge is -2.14. The Bertz CT molecular complexity index is 1260. The van der Waals surface area contributed by atoms with Crippen LogP contribution in [0.2, 0.25) is 0 Å². The Kier molecular flexibility index (Phi) is 7.73. The third-order valence-electron chi connectivity index (χ3n) is 6.17. The van der Waals surface area contributed by atoms with Crippen molar-refractivity contribution in [1.29, 1.82) is 0 Å². The molecule has 2 N–H and O–H groups in total. The summed E-state index contributed by atoms with van der Waals surface area (Å²) in [7, 11) is 0. The number of hydrogen-bond acceptors (Lipinski definition) is 6. The van der Waals surface area contributed by atoms with E-state index in [1.54, 1.807) is 4.57 Å². The van der Waals surface area contributed by atoms with Crippen LogP contribution < -0.4 is 16.2 Å². The predicted molar refractivity (Wildman–Crippen MR) is 138 cm³/mol. The lowest BCUT2D eigenvalue weighted by molar-refractivity contribution is -0.117. The monoisotopic (exact) mass is 498 g/mol. The molecular weight excluding hydrogens is 468 g/mol. The van der Waals surface area contributed by atoms with Crippen molar-refractivity contribution in [3.8, 4) is 0 Å². The number of thioether (sulfide) groups is 1. The molecule has 1 aliphatic carbocycles. The third-order valence-corrected chi connectivity index (χ3v) is 8.48. The van der Waals surface area contributed by atoms with Gasteiger partial charge < -0.3 is 5.32 Å². The molecule has 0 spiro atoms. The van der Waals surface area contributed by atoms with E-state index in [0.29, 0.717) is 21.9 Å². The van der Waals surface area contributed by atoms with Crippen LogP contribution in [0.5, 0.6) is 0 Å². The number of benzene rings is 1. The number of carbonyl (C=O) groups excluding carboxylic acids is 2. The maximum absolute atomic E-state index is 13.5. The fourth-order valence-electron chi connectivity index (χ4n) is 4.29. The van der Waals surface area contributed by atoms with Gasteiger partial charge in [0.1, 0.15) is 4.83 Å². The molecule has 1 saturated carbocycles. The van der Waals surface area contributed by atoms with E-state index in [1.807, 2.05) is 38.1 Å². The first kappa shape index (κ1) is 24.5. The van der Waals surface area contributed by atoms with E-state index in [4.69, 9.17) is 4.98 Å². The average Bonchev–Trinajstić information content (AvgIpc) is 3.43. The normalized spacial score (nSPS) is 14.0. The van der Waals surface area contributed by atoms with E-state index in [0.717, 1.165) is 53.7 Å². The summed E-state index contributed by atoms with van der Waals surface area (Å²) in [6, 6.07) is 7.70. The van der Waals surface area contributed by atoms with E-state index in [9.17, 15) is 14.4 Å². The Hall–Kier alpha value is -2.65. The maximum Gasteiger partial charge on any atom is 0.321 e. The summed E-state index contributed by atoms with van der Waals surface area (Å²) in [6.45, 7) is 6.43. The van der Waals surface area contributed by atoms with Gasteiger partial charge >= 0.3 is 6.03 Å². The van der Waals surface area contributed by atoms with E-state index < -0.39 is 11.9 Å². The van der Waals surface area contributed by atoms with E-state index >= 15 is 0 Å². The number of aryl methyl sites for hydroxylation is 3. The molecule has 7 nitrogen and oxygen atoms in total. The summed E-state index contributed by atoms with van der Waals surface area (Å²) in [4.78, 5) is 44.7. The third kappa shape index (κ3) is 5.52. The second-order valence-electron chi connectivity index (χ2n) is 8.75. The summed E-state index contributed by atoms with van der Waals surface area (Å²) < 4.78 is 1.64. The summed E-state index contributed by atoms with van der Waals surface area (Å²) in [5.41, 5.74) is 3.02. The number of aromatic nitrogens is 2. The number of hydrogen-bond donors (Lipinski definition) is 2. The van der Waals surface area contributed by atoms with Gasteiger partial charge in [0.15, 0.2) is 5.16 Å². The topological polar surface area (TPSA) is 93.1 Å². The van der Waals surface area contributed by atoms with Gasteiger partial charge in [0.2, 0.25) is 5.91 Å². The van der Waals surface area contributed by atoms with Crippen molar-refractivity contribution >= 4 is 45.3 Å². The summed E-state index contributed by atoms with van der Waals surface area (Å²) in [5.74, 6) is -0.414. The van der Waals surface area contributed by atoms with Crippen molar-refractivity contribution in [3.05, 3.63) is 56.2 Å². The van der Waals surface area contributed by atoms with E-state index in [-0.39, 0.29) is 17.4 Å². The minimum absolute atomic E-state index is 0.00504. The van der Waals surface area contributed by atoms with Gasteiger partial charge in [-0.1, -0.05) is 61.4 Å². The molecule has 9 heteroatoms. The number of fused-ring (bicyclic) bond motifs is 1. The standard InChI is InChI=1S/C25H30N4O3S2/c1-4-19-16(3)21-22(34-19)28-25(29(23(21)31)13-17-11-9-15(2)10-12-17)33-14-20(30)27-24(32)26-18-7-5-6-8-18/h9-12,18H,4-8,13-14H2,1-3H3,(H2,26,27,30,32). The highest BCUT2D eigenvalue weighted by molar-refractivity contribution is 7.99. The molecule has 1 aromatic carbocycles. The first-order valence-electron chi connectivity index (χ1n) is 11.7. The second-order valence-corrected chi connectivity index (χ2v) is 10.8. The number of imide groups is 1. The zero-order chi connectivity index (χ0) is 24.2. The molecule has 0 unspecified atom stereocenters. The molecule has 0 atom stereocenters. The minimum atomic E-state index is -0.459. The van der Waals surface area contributed by atoms with E-state index in [1.165, 1.54) is 23.1 Å². The van der Waals surface area contributed by atoms with Crippen LogP contribution in [0.1, 0.15) is 54.2 Å². The van der Waals surface area contributed by atoms with Crippen molar-refractivity contribution in [2.75, 3.05) is 5.75 Å². The fraction of sp³-hybridized carbons (Fsp3) is 0.440. The SMILES string of the molecule is CCc1sc2nc(SCC(=O)NC(=O)NC3CCCC3)n(Cc3ccc(C)cc3)c(=O)c2c1C. The highest BCUT2D eigenvalue weighted by Gasteiger charge is 2.21. The van der Waals surface area contributed by atoms with Crippen LogP contribution in [0.3, 0.4) is 0 Å². The van der Waals surface area contributed by atoms with Crippen LogP contribution in [-0.2, 0) is 17.8 Å². The Morgan fingerprint density at radius 3 is 2.56 bits per heavy atom. The zero-order valence-corrected chi connectivity index (χ0v) is 21.4. The number of amides is 3. The lowest BCUT2D eigenvalue weighted by Crippen LogP contribution is -2.44. The summed E-state index contributed by atoms with van der Waals surface area (Å²) in [6.07, 6.45) is 4.94. The van der Waals surface area contributed by atoms with Gasteiger partial charge in [-0.25, -0.2) is 9.78 Å². The van der Waals surface area contributed by atoms with Gasteiger partial charge in [-0.2, -0.15) is 0 Å². The first-order chi connectivity index (χ1) is 16.4. The van der Waals surface area contributed by atoms with Crippen molar-refractivity contribution in [2.24, 2.45) is 0 Å². The molecule has 1 aliphatic rings. The predicted octanol–water partition coefficient (Wildman–Crippen LogP) is 4.55. The van der Waals surface area contributed by atoms with Gasteiger partial charge in [0.25, 0.3) is 5.56 Å². The summed E-state index contributed by atoms with van der Waals surface area (Å²) >= 11 is 2.71. The zero-order valence-electron chi connectivity index (χ0n) is 19.8. The highest BCUT2D eigenvalue weighted by Crippen LogP contribution is 2.29. The van der Waals surface area contributed by atoms with E-state index in [2.05, 4.69) is 17.6 Å². The van der Waals surface area contributed by atoms with Gasteiger partial charge in [0.05, 0.1) is 17.7 Å². The number of rotatable bonds is 7. The Morgan fingerprint density at radius 2 is 1.88 bits per heavy atom. The molecule has 0 bridgehead atoms. The molecule has 0 saturated heterocycles. The van der Waals surface area contributed by atoms with Crippen LogP contribution in [0, 0.1) is 13.8 Å². The van der Waals surface area contributed by atoms with Crippen molar-refractivity contribution in [1.82, 2.24) is 20.2 Å². The number of nitrogens with zero attached hydrogens (tertiary/aromatic N) is 2. The maximum atomic E-state index is 13.5. The number of nitrogens with one attached hydrogen (secondary N) is 2. The first-order valence-corrected chi connectivity index (χ1v) is 13.5. The Balaban J connectivity index is 1.56. The molecule has 0 aliphatic heterocycles. The van der Waals surface area contributed by atoms with Crippen LogP contribution in [0.4, 0.5) is 4.79 Å². The number of carbonyl (C=O) groups is 2. The van der Waals surface area contributed by atoms with Gasteiger partial charge in [-0.05, 0) is 44.2 Å². The fourth-order valence-corrected chi connectivity index (χ4v) is 6.25. The van der Waals surface area contributed by atoms with Gasteiger partial charge in [-0.15, -0.1) is 11.3 Å². The van der Waals surface area contributed by atoms with Crippen LogP contribution in [0.15, 0.2) is 34.2 Å². The van der Waals surface area contributed by atoms with Gasteiger partial charge in [-0.3, -0.25) is 19.5 Å². The molecule has 34 heavy (non-hydrogen) atoms. The number of thiophene rings is 1. The molecule has 180 valence electrons. The molecule has 1 fully saturated rings. The average molecular weight is 499 g/mol. The second kappa shape index (κ2) is 10.7. The molecule has 2 aromatic heterocycles. The van der Waals surface area contributed by atoms with Crippen LogP contribution in [-0.4, -0.2) is 33.3 Å². The van der Waals surface area contributed by atoms with Crippen molar-refractivity contribution < 1.29 is 9.59 Å². The van der Waals surface area contributed by atoms with Crippen molar-refractivity contribution in [2.45, 2.75) is 70.6 Å². The lowest BCUT2D eigenvalue weighted by atomic mass is 10.1. The molecule has 4 rings (SSSR count). The smallest absolute Gasteiger partial charge is 0.321 e. The Morgan fingerprint density at radius 1 is 1.18 bits per heavy atom. The number of urea groups is 1. The molecule has 2 heterocycles. The molecule has 3 aromatic rings. The minimum Gasteiger partial charge on any atom is -0.335 e. The Labute approximate surface area is 207 Å². The largest absolute Gasteiger partial charge is 0.335 e. The van der Waals surface area contributed by atoms with Crippen LogP contribution in [0.25, 0.3) is 10.2 Å². The van der Waals surface area contributed by atoms with Gasteiger partial charge in [0, 0.05) is 10.9 Å². The summed E-state index contributed by atoms with van der Waals surface area (Å²) in [5, 5.41) is 6.39. The van der Waals surface area contributed by atoms with Crippen molar-refractivity contribution in [3.63, 3.8) is 0 Å². The van der Waals surface area contributed by atoms with Crippen LogP contribution >= 0.6 is 23.1 Å².